The van der Waals surface area contributed by atoms with Crippen molar-refractivity contribution in [3.8, 4) is 5.75 Å². The molecule has 0 bridgehead atoms. The molecule has 0 saturated heterocycles. The normalized spacial score (nSPS) is 11.9. The van der Waals surface area contributed by atoms with Gasteiger partial charge >= 0.3 is 0 Å². The zero-order valence-corrected chi connectivity index (χ0v) is 11.0. The number of halogens is 1. The van der Waals surface area contributed by atoms with Crippen LogP contribution in [0.3, 0.4) is 0 Å². The minimum absolute atomic E-state index is 0.00204. The largest absolute Gasteiger partial charge is 0.497 e. The van der Waals surface area contributed by atoms with E-state index in [2.05, 4.69) is 12.2 Å². The number of ether oxygens (including phenoxy) is 1. The number of alkyl halides is 1. The van der Waals surface area contributed by atoms with Crippen molar-refractivity contribution in [2.45, 2.75) is 25.1 Å². The van der Waals surface area contributed by atoms with Gasteiger partial charge in [-0.05, 0) is 30.7 Å². The first-order valence-electron chi connectivity index (χ1n) is 5.73. The number of nitrogens with one attached hydrogen (secondary N) is 1. The van der Waals surface area contributed by atoms with Crippen LogP contribution in [0.4, 0.5) is 0 Å². The third-order valence-electron chi connectivity index (χ3n) is 2.44. The first-order chi connectivity index (χ1) is 8.17. The van der Waals surface area contributed by atoms with Gasteiger partial charge in [0.05, 0.1) is 12.5 Å². The van der Waals surface area contributed by atoms with Crippen molar-refractivity contribution >= 4 is 17.5 Å². The van der Waals surface area contributed by atoms with Crippen LogP contribution < -0.4 is 10.1 Å². The fourth-order valence-corrected chi connectivity index (χ4v) is 1.76. The molecule has 17 heavy (non-hydrogen) atoms. The van der Waals surface area contributed by atoms with Gasteiger partial charge in [0.2, 0.25) is 0 Å². The summed E-state index contributed by atoms with van der Waals surface area (Å²) in [6.45, 7) is 2.57. The molecule has 1 aromatic rings. The van der Waals surface area contributed by atoms with Crippen molar-refractivity contribution in [3.05, 3.63) is 29.8 Å². The quantitative estimate of drug-likeness (QED) is 0.794. The predicted molar refractivity (Wildman–Crippen MR) is 69.9 cm³/mol. The maximum Gasteiger partial charge on any atom is 0.251 e. The van der Waals surface area contributed by atoms with Gasteiger partial charge in [0.15, 0.2) is 0 Å². The number of carbonyl (C=O) groups is 1. The molecule has 94 valence electrons. The van der Waals surface area contributed by atoms with Crippen LogP contribution in [0, 0.1) is 0 Å². The Morgan fingerprint density at radius 3 is 2.59 bits per heavy atom. The summed E-state index contributed by atoms with van der Waals surface area (Å²) in [6.07, 6.45) is 1.93. The molecular formula is C13H18ClNO2. The Morgan fingerprint density at radius 2 is 2.06 bits per heavy atom. The molecule has 1 atom stereocenters. The molecule has 0 radical (unpaired) electrons. The second kappa shape index (κ2) is 7.17. The Kier molecular flexibility index (Phi) is 5.84. The topological polar surface area (TPSA) is 38.3 Å². The summed E-state index contributed by atoms with van der Waals surface area (Å²) in [4.78, 5) is 11.7. The molecule has 1 amide bonds. The SMILES string of the molecule is CCCC(Cl)CNC(=O)c1ccc(OC)cc1. The second-order valence-electron chi connectivity index (χ2n) is 3.82. The van der Waals surface area contributed by atoms with Gasteiger partial charge in [-0.2, -0.15) is 0 Å². The molecule has 1 rings (SSSR count). The molecule has 0 aromatic heterocycles. The molecule has 0 heterocycles. The number of benzene rings is 1. The highest BCUT2D eigenvalue weighted by atomic mass is 35.5. The van der Waals surface area contributed by atoms with Gasteiger partial charge in [-0.25, -0.2) is 0 Å². The summed E-state index contributed by atoms with van der Waals surface area (Å²) in [5.41, 5.74) is 0.617. The van der Waals surface area contributed by atoms with Crippen LogP contribution in [0.15, 0.2) is 24.3 Å². The molecule has 0 aliphatic heterocycles. The molecule has 0 aliphatic carbocycles. The van der Waals surface area contributed by atoms with Gasteiger partial charge in [0.25, 0.3) is 5.91 Å². The number of rotatable bonds is 6. The Labute approximate surface area is 107 Å². The lowest BCUT2D eigenvalue weighted by molar-refractivity contribution is 0.0953. The van der Waals surface area contributed by atoms with E-state index < -0.39 is 0 Å². The lowest BCUT2D eigenvalue weighted by atomic mass is 10.2. The Morgan fingerprint density at radius 1 is 1.41 bits per heavy atom. The average Bonchev–Trinajstić information content (AvgIpc) is 2.36. The van der Waals surface area contributed by atoms with Gasteiger partial charge < -0.3 is 10.1 Å². The number of amides is 1. The highest BCUT2D eigenvalue weighted by Crippen LogP contribution is 2.11. The maximum absolute atomic E-state index is 11.7. The van der Waals surface area contributed by atoms with E-state index in [1.54, 1.807) is 31.4 Å². The lowest BCUT2D eigenvalue weighted by Gasteiger charge is -2.10. The summed E-state index contributed by atoms with van der Waals surface area (Å²) in [6, 6.07) is 6.99. The zero-order valence-electron chi connectivity index (χ0n) is 10.2. The number of hydrogen-bond acceptors (Lipinski definition) is 2. The Hall–Kier alpha value is -1.22. The Bertz CT molecular complexity index is 351. The fourth-order valence-electron chi connectivity index (χ4n) is 1.46. The highest BCUT2D eigenvalue weighted by Gasteiger charge is 2.08. The van der Waals surface area contributed by atoms with Crippen LogP contribution in [-0.4, -0.2) is 24.9 Å². The minimum atomic E-state index is -0.102. The van der Waals surface area contributed by atoms with E-state index in [0.29, 0.717) is 12.1 Å². The van der Waals surface area contributed by atoms with Crippen LogP contribution in [0.5, 0.6) is 5.75 Å². The van der Waals surface area contributed by atoms with E-state index in [1.165, 1.54) is 0 Å². The lowest BCUT2D eigenvalue weighted by Crippen LogP contribution is -2.29. The van der Waals surface area contributed by atoms with Crippen molar-refractivity contribution in [1.82, 2.24) is 5.32 Å². The summed E-state index contributed by atoms with van der Waals surface area (Å²) in [7, 11) is 1.60. The predicted octanol–water partition coefficient (Wildman–Crippen LogP) is 2.83. The van der Waals surface area contributed by atoms with Crippen molar-refractivity contribution in [3.63, 3.8) is 0 Å². The zero-order chi connectivity index (χ0) is 12.7. The first-order valence-corrected chi connectivity index (χ1v) is 6.17. The molecule has 0 aliphatic rings. The van der Waals surface area contributed by atoms with Crippen LogP contribution in [0.1, 0.15) is 30.1 Å². The summed E-state index contributed by atoms with van der Waals surface area (Å²) in [5, 5.41) is 2.81. The summed E-state index contributed by atoms with van der Waals surface area (Å²) >= 11 is 6.03. The maximum atomic E-state index is 11.7. The van der Waals surface area contributed by atoms with E-state index >= 15 is 0 Å². The molecule has 4 heteroatoms. The minimum Gasteiger partial charge on any atom is -0.497 e. The summed E-state index contributed by atoms with van der Waals surface area (Å²) in [5.74, 6) is 0.636. The number of carbonyl (C=O) groups excluding carboxylic acids is 1. The van der Waals surface area contributed by atoms with Gasteiger partial charge in [-0.3, -0.25) is 4.79 Å². The van der Waals surface area contributed by atoms with Crippen LogP contribution in [0.25, 0.3) is 0 Å². The van der Waals surface area contributed by atoms with E-state index in [0.717, 1.165) is 18.6 Å². The summed E-state index contributed by atoms with van der Waals surface area (Å²) < 4.78 is 5.03. The third kappa shape index (κ3) is 4.65. The standard InChI is InChI=1S/C13H18ClNO2/c1-3-4-11(14)9-15-13(16)10-5-7-12(17-2)8-6-10/h5-8,11H,3-4,9H2,1-2H3,(H,15,16). The Balaban J connectivity index is 2.46. The van der Waals surface area contributed by atoms with E-state index in [-0.39, 0.29) is 11.3 Å². The van der Waals surface area contributed by atoms with Crippen LogP contribution >= 0.6 is 11.6 Å². The molecule has 1 aromatic carbocycles. The fraction of sp³-hybridized carbons (Fsp3) is 0.462. The van der Waals surface area contributed by atoms with E-state index in [9.17, 15) is 4.79 Å². The molecule has 1 unspecified atom stereocenters. The van der Waals surface area contributed by atoms with Crippen molar-refractivity contribution in [2.24, 2.45) is 0 Å². The van der Waals surface area contributed by atoms with E-state index in [4.69, 9.17) is 16.3 Å². The number of hydrogen-bond donors (Lipinski definition) is 1. The molecule has 0 fully saturated rings. The second-order valence-corrected chi connectivity index (χ2v) is 4.44. The van der Waals surface area contributed by atoms with Crippen molar-refractivity contribution in [2.75, 3.05) is 13.7 Å². The van der Waals surface area contributed by atoms with Gasteiger partial charge in [0.1, 0.15) is 5.75 Å². The third-order valence-corrected chi connectivity index (χ3v) is 2.81. The molecule has 0 saturated carbocycles. The van der Waals surface area contributed by atoms with E-state index in [1.807, 2.05) is 0 Å². The molecular weight excluding hydrogens is 238 g/mol. The van der Waals surface area contributed by atoms with Crippen LogP contribution in [-0.2, 0) is 0 Å². The smallest absolute Gasteiger partial charge is 0.251 e. The van der Waals surface area contributed by atoms with Gasteiger partial charge in [-0.15, -0.1) is 11.6 Å². The number of methoxy groups -OCH3 is 1. The van der Waals surface area contributed by atoms with Crippen molar-refractivity contribution in [1.29, 1.82) is 0 Å². The molecule has 0 spiro atoms. The van der Waals surface area contributed by atoms with Crippen molar-refractivity contribution < 1.29 is 9.53 Å². The monoisotopic (exact) mass is 255 g/mol. The highest BCUT2D eigenvalue weighted by molar-refractivity contribution is 6.20. The van der Waals surface area contributed by atoms with Gasteiger partial charge in [0, 0.05) is 12.1 Å². The van der Waals surface area contributed by atoms with Crippen LogP contribution in [0.2, 0.25) is 0 Å². The average molecular weight is 256 g/mol. The molecule has 1 N–H and O–H groups in total. The first kappa shape index (κ1) is 13.8. The van der Waals surface area contributed by atoms with Gasteiger partial charge in [-0.1, -0.05) is 13.3 Å². The molecule has 3 nitrogen and oxygen atoms in total.